The molecule has 0 radical (unpaired) electrons. The molecule has 1 unspecified atom stereocenters. The average molecular weight is 192 g/mol. The minimum atomic E-state index is -0.250. The molecule has 1 rings (SSSR count). The van der Waals surface area contributed by atoms with E-state index < -0.39 is 0 Å². The topological polar surface area (TPSA) is 41.5 Å². The Morgan fingerprint density at radius 2 is 2.07 bits per heavy atom. The van der Waals surface area contributed by atoms with Crippen molar-refractivity contribution in [3.63, 3.8) is 0 Å². The van der Waals surface area contributed by atoms with Gasteiger partial charge in [0.05, 0.1) is 0 Å². The van der Waals surface area contributed by atoms with Gasteiger partial charge in [0.25, 0.3) is 0 Å². The molecule has 0 fully saturated rings. The molecule has 0 saturated heterocycles. The van der Waals surface area contributed by atoms with Gasteiger partial charge < -0.3 is 0 Å². The van der Waals surface area contributed by atoms with E-state index in [9.17, 15) is 4.91 Å². The fourth-order valence-electron chi connectivity index (χ4n) is 1.38. The number of nitroso groups, excluding NO2 is 1. The van der Waals surface area contributed by atoms with Crippen molar-refractivity contribution in [3.8, 4) is 0 Å². The highest BCUT2D eigenvalue weighted by Crippen LogP contribution is 2.05. The van der Waals surface area contributed by atoms with Gasteiger partial charge in [0.1, 0.15) is 6.17 Å². The molecule has 0 heterocycles. The quantitative estimate of drug-likeness (QED) is 0.703. The van der Waals surface area contributed by atoms with Crippen LogP contribution >= 0.6 is 0 Å². The summed E-state index contributed by atoms with van der Waals surface area (Å²) in [5.41, 5.74) is 1.25. The van der Waals surface area contributed by atoms with Gasteiger partial charge in [-0.1, -0.05) is 42.4 Å². The number of hydrogen-bond acceptors (Lipinski definition) is 3. The van der Waals surface area contributed by atoms with Crippen molar-refractivity contribution >= 4 is 0 Å². The summed E-state index contributed by atoms with van der Waals surface area (Å²) in [6, 6.07) is 10.1. The van der Waals surface area contributed by atoms with Crippen LogP contribution in [0.2, 0.25) is 0 Å². The maximum absolute atomic E-state index is 10.4. The summed E-state index contributed by atoms with van der Waals surface area (Å²) in [6.45, 7) is 2.76. The van der Waals surface area contributed by atoms with Crippen LogP contribution in [0.3, 0.4) is 0 Å². The first-order valence-corrected chi connectivity index (χ1v) is 4.96. The van der Waals surface area contributed by atoms with Crippen LogP contribution in [-0.4, -0.2) is 12.7 Å². The lowest BCUT2D eigenvalue weighted by Crippen LogP contribution is -2.26. The maximum Gasteiger partial charge on any atom is 0.142 e. The third-order valence-corrected chi connectivity index (χ3v) is 2.12. The standard InChI is InChI=1S/C11H16N2O/c1-2-12-11(13-14)9-8-10-6-4-3-5-7-10/h3-7,11-12H,2,8-9H2,1H3. The second-order valence-electron chi connectivity index (χ2n) is 3.20. The van der Waals surface area contributed by atoms with Gasteiger partial charge in [0, 0.05) is 0 Å². The number of hydrogen-bond donors (Lipinski definition) is 1. The van der Waals surface area contributed by atoms with Crippen LogP contribution in [0.1, 0.15) is 18.9 Å². The largest absolute Gasteiger partial charge is 0.293 e. The van der Waals surface area contributed by atoms with Gasteiger partial charge in [-0.2, -0.15) is 0 Å². The van der Waals surface area contributed by atoms with Crippen LogP contribution in [0.15, 0.2) is 35.5 Å². The lowest BCUT2D eigenvalue weighted by molar-refractivity contribution is 0.509. The summed E-state index contributed by atoms with van der Waals surface area (Å²) in [4.78, 5) is 10.4. The molecule has 0 aliphatic carbocycles. The van der Waals surface area contributed by atoms with Crippen LogP contribution in [0.5, 0.6) is 0 Å². The van der Waals surface area contributed by atoms with E-state index in [0.717, 1.165) is 19.4 Å². The van der Waals surface area contributed by atoms with Gasteiger partial charge in [-0.25, -0.2) is 0 Å². The van der Waals surface area contributed by atoms with Crippen molar-refractivity contribution in [2.45, 2.75) is 25.9 Å². The fraction of sp³-hybridized carbons (Fsp3) is 0.455. The van der Waals surface area contributed by atoms with Gasteiger partial charge in [-0.3, -0.25) is 5.32 Å². The first-order chi connectivity index (χ1) is 6.86. The molecule has 14 heavy (non-hydrogen) atoms. The van der Waals surface area contributed by atoms with Crippen molar-refractivity contribution in [2.75, 3.05) is 6.54 Å². The first-order valence-electron chi connectivity index (χ1n) is 4.96. The molecule has 1 N–H and O–H groups in total. The molecule has 0 bridgehead atoms. The summed E-state index contributed by atoms with van der Waals surface area (Å²) in [5, 5.41) is 6.06. The highest BCUT2D eigenvalue weighted by Gasteiger charge is 2.05. The Balaban J connectivity index is 2.35. The van der Waals surface area contributed by atoms with Crippen LogP contribution in [-0.2, 0) is 6.42 Å². The Labute approximate surface area is 84.5 Å². The van der Waals surface area contributed by atoms with E-state index >= 15 is 0 Å². The Hall–Kier alpha value is -1.22. The second-order valence-corrected chi connectivity index (χ2v) is 3.20. The van der Waals surface area contributed by atoms with Crippen LogP contribution in [0.25, 0.3) is 0 Å². The molecule has 0 aromatic heterocycles. The highest BCUT2D eigenvalue weighted by molar-refractivity contribution is 5.14. The molecule has 1 aromatic rings. The van der Waals surface area contributed by atoms with E-state index in [0.29, 0.717) is 0 Å². The lowest BCUT2D eigenvalue weighted by atomic mass is 10.1. The second kappa shape index (κ2) is 6.27. The third-order valence-electron chi connectivity index (χ3n) is 2.12. The van der Waals surface area contributed by atoms with Crippen LogP contribution < -0.4 is 5.32 Å². The van der Waals surface area contributed by atoms with Crippen molar-refractivity contribution in [3.05, 3.63) is 40.8 Å². The Morgan fingerprint density at radius 1 is 1.36 bits per heavy atom. The molecule has 0 aliphatic heterocycles. The molecule has 1 atom stereocenters. The van der Waals surface area contributed by atoms with Gasteiger partial charge in [0.15, 0.2) is 0 Å². The van der Waals surface area contributed by atoms with E-state index in [1.807, 2.05) is 25.1 Å². The summed E-state index contributed by atoms with van der Waals surface area (Å²) in [6.07, 6.45) is 1.41. The molecule has 0 saturated carbocycles. The van der Waals surface area contributed by atoms with E-state index in [2.05, 4.69) is 22.6 Å². The molecular weight excluding hydrogens is 176 g/mol. The normalized spacial score (nSPS) is 12.4. The van der Waals surface area contributed by atoms with E-state index in [1.54, 1.807) is 0 Å². The Morgan fingerprint density at radius 3 is 2.64 bits per heavy atom. The van der Waals surface area contributed by atoms with Gasteiger partial charge in [-0.05, 0) is 24.9 Å². The first kappa shape index (κ1) is 10.9. The third kappa shape index (κ3) is 3.66. The molecule has 0 amide bonds. The van der Waals surface area contributed by atoms with E-state index in [1.165, 1.54) is 5.56 Å². The molecule has 3 nitrogen and oxygen atoms in total. The van der Waals surface area contributed by atoms with Crippen LogP contribution in [0.4, 0.5) is 0 Å². The van der Waals surface area contributed by atoms with Gasteiger partial charge in [0.2, 0.25) is 0 Å². The smallest absolute Gasteiger partial charge is 0.142 e. The summed E-state index contributed by atoms with van der Waals surface area (Å²) < 4.78 is 0. The van der Waals surface area contributed by atoms with E-state index in [4.69, 9.17) is 0 Å². The van der Waals surface area contributed by atoms with Gasteiger partial charge in [-0.15, -0.1) is 4.91 Å². The zero-order chi connectivity index (χ0) is 10.2. The number of rotatable bonds is 6. The SMILES string of the molecule is CCNC(CCc1ccccc1)N=O. The summed E-state index contributed by atoms with van der Waals surface area (Å²) in [5.74, 6) is 0. The molecule has 3 heteroatoms. The molecular formula is C11H16N2O. The van der Waals surface area contributed by atoms with Crippen molar-refractivity contribution in [1.82, 2.24) is 5.32 Å². The Bertz CT molecular complexity index is 261. The average Bonchev–Trinajstić information content (AvgIpc) is 2.25. The predicted octanol–water partition coefficient (Wildman–Crippen LogP) is 2.32. The number of aryl methyl sites for hydroxylation is 1. The minimum absolute atomic E-state index is 0.250. The van der Waals surface area contributed by atoms with Gasteiger partial charge >= 0.3 is 0 Å². The number of nitrogens with one attached hydrogen (secondary N) is 1. The van der Waals surface area contributed by atoms with Crippen molar-refractivity contribution in [1.29, 1.82) is 0 Å². The zero-order valence-electron chi connectivity index (χ0n) is 8.44. The van der Waals surface area contributed by atoms with Crippen LogP contribution in [0, 0.1) is 4.91 Å². The highest BCUT2D eigenvalue weighted by atomic mass is 16.3. The molecule has 76 valence electrons. The predicted molar refractivity (Wildman–Crippen MR) is 58.0 cm³/mol. The minimum Gasteiger partial charge on any atom is -0.293 e. The maximum atomic E-state index is 10.4. The number of nitrogens with zero attached hydrogens (tertiary/aromatic N) is 1. The monoisotopic (exact) mass is 192 g/mol. The summed E-state index contributed by atoms with van der Waals surface area (Å²) in [7, 11) is 0. The zero-order valence-corrected chi connectivity index (χ0v) is 8.44. The summed E-state index contributed by atoms with van der Waals surface area (Å²) >= 11 is 0. The van der Waals surface area contributed by atoms with Crippen molar-refractivity contribution in [2.24, 2.45) is 5.18 Å². The van der Waals surface area contributed by atoms with E-state index in [-0.39, 0.29) is 6.17 Å². The molecule has 0 spiro atoms. The number of benzene rings is 1. The lowest BCUT2D eigenvalue weighted by Gasteiger charge is -2.08. The Kier molecular flexibility index (Phi) is 4.86. The molecule has 1 aromatic carbocycles. The van der Waals surface area contributed by atoms with Crippen molar-refractivity contribution < 1.29 is 0 Å². The fourth-order valence-corrected chi connectivity index (χ4v) is 1.38. The molecule has 0 aliphatic rings.